The summed E-state index contributed by atoms with van der Waals surface area (Å²) in [4.78, 5) is 11.4. The van der Waals surface area contributed by atoms with Crippen LogP contribution in [0.2, 0.25) is 0 Å². The van der Waals surface area contributed by atoms with E-state index in [0.717, 1.165) is 17.6 Å². The Hall–Kier alpha value is -2.08. The van der Waals surface area contributed by atoms with Gasteiger partial charge in [-0.3, -0.25) is 0 Å². The van der Waals surface area contributed by atoms with E-state index in [0.29, 0.717) is 10.4 Å². The number of carbonyl (C=O) groups excluding carboxylic acids is 1. The molecule has 1 aromatic heterocycles. The third-order valence-corrected chi connectivity index (χ3v) is 2.68. The molecule has 0 radical (unpaired) electrons. The predicted octanol–water partition coefficient (Wildman–Crippen LogP) is 2.44. The maximum Gasteiger partial charge on any atom is 0.336 e. The van der Waals surface area contributed by atoms with E-state index in [2.05, 4.69) is 16.2 Å². The highest BCUT2D eigenvalue weighted by molar-refractivity contribution is 7.09. The number of esters is 1. The van der Waals surface area contributed by atoms with Gasteiger partial charge in [-0.25, -0.2) is 9.18 Å². The van der Waals surface area contributed by atoms with E-state index in [1.165, 1.54) is 6.07 Å². The number of aromatic nitrogens is 2. The lowest BCUT2D eigenvalue weighted by Crippen LogP contribution is -2.04. The maximum atomic E-state index is 13.5. The Labute approximate surface area is 101 Å². The minimum Gasteiger partial charge on any atom is -0.401 e. The molecule has 0 spiro atoms. The first-order chi connectivity index (χ1) is 8.22. The molecule has 6 heteroatoms. The Kier molecular flexibility index (Phi) is 3.24. The molecule has 0 saturated carbocycles. The number of rotatable bonds is 3. The van der Waals surface area contributed by atoms with Crippen LogP contribution >= 0.6 is 11.5 Å². The second kappa shape index (κ2) is 4.84. The molecule has 4 nitrogen and oxygen atoms in total. The summed E-state index contributed by atoms with van der Waals surface area (Å²) in [5.41, 5.74) is 0.300. The van der Waals surface area contributed by atoms with Gasteiger partial charge < -0.3 is 4.74 Å². The van der Waals surface area contributed by atoms with Crippen molar-refractivity contribution in [1.82, 2.24) is 9.59 Å². The lowest BCUT2D eigenvalue weighted by molar-refractivity contribution is -0.129. The van der Waals surface area contributed by atoms with Crippen LogP contribution in [0.25, 0.3) is 10.4 Å². The van der Waals surface area contributed by atoms with E-state index >= 15 is 0 Å². The number of halogens is 1. The van der Waals surface area contributed by atoms with Crippen LogP contribution in [-0.4, -0.2) is 15.6 Å². The molecule has 1 aromatic carbocycles. The van der Waals surface area contributed by atoms with E-state index < -0.39 is 11.8 Å². The van der Waals surface area contributed by atoms with Crippen molar-refractivity contribution in [2.75, 3.05) is 0 Å². The highest BCUT2D eigenvalue weighted by Crippen LogP contribution is 2.33. The van der Waals surface area contributed by atoms with E-state index in [4.69, 9.17) is 4.74 Å². The minimum atomic E-state index is -0.657. The molecule has 17 heavy (non-hydrogen) atoms. The van der Waals surface area contributed by atoms with Crippen molar-refractivity contribution in [3.8, 4) is 16.3 Å². The van der Waals surface area contributed by atoms with Crippen LogP contribution in [0.1, 0.15) is 0 Å². The fourth-order valence-electron chi connectivity index (χ4n) is 1.20. The molecule has 0 unspecified atom stereocenters. The molecule has 86 valence electrons. The number of benzene rings is 1. The largest absolute Gasteiger partial charge is 0.401 e. The number of hydrogen-bond acceptors (Lipinski definition) is 5. The molecule has 0 saturated heterocycles. The zero-order valence-electron chi connectivity index (χ0n) is 8.59. The molecule has 0 aliphatic heterocycles. The first-order valence-corrected chi connectivity index (χ1v) is 5.41. The second-order valence-electron chi connectivity index (χ2n) is 3.01. The molecule has 0 bridgehead atoms. The molecule has 0 atom stereocenters. The summed E-state index contributed by atoms with van der Waals surface area (Å²) < 4.78 is 22.0. The van der Waals surface area contributed by atoms with Crippen molar-refractivity contribution < 1.29 is 13.9 Å². The standard InChI is InChI=1S/C11H7FN2O2S/c1-2-9(15)16-11-10(17-14-13-11)7-5-3-4-6-8(7)12/h2-6H,1H2. The SMILES string of the molecule is C=CC(=O)Oc1nnsc1-c1ccccc1F. The third-order valence-electron chi connectivity index (χ3n) is 1.94. The van der Waals surface area contributed by atoms with Crippen molar-refractivity contribution in [2.45, 2.75) is 0 Å². The summed E-state index contributed by atoms with van der Waals surface area (Å²) in [5.74, 6) is -1.09. The van der Waals surface area contributed by atoms with Gasteiger partial charge in [0.15, 0.2) is 0 Å². The number of carbonyl (C=O) groups is 1. The van der Waals surface area contributed by atoms with Crippen molar-refractivity contribution in [3.63, 3.8) is 0 Å². The average Bonchev–Trinajstić information content (AvgIpc) is 2.77. The molecular weight excluding hydrogens is 243 g/mol. The Balaban J connectivity index is 2.40. The summed E-state index contributed by atoms with van der Waals surface area (Å²) in [7, 11) is 0. The number of hydrogen-bond donors (Lipinski definition) is 0. The average molecular weight is 250 g/mol. The van der Waals surface area contributed by atoms with Crippen molar-refractivity contribution in [3.05, 3.63) is 42.7 Å². The van der Waals surface area contributed by atoms with Crippen molar-refractivity contribution >= 4 is 17.5 Å². The summed E-state index contributed by atoms with van der Waals surface area (Å²) in [6, 6.07) is 6.13. The van der Waals surface area contributed by atoms with E-state index in [-0.39, 0.29) is 5.88 Å². The van der Waals surface area contributed by atoms with E-state index in [1.807, 2.05) is 0 Å². The van der Waals surface area contributed by atoms with Crippen LogP contribution in [0.4, 0.5) is 4.39 Å². The zero-order chi connectivity index (χ0) is 12.3. The summed E-state index contributed by atoms with van der Waals surface area (Å²) in [6.07, 6.45) is 1.00. The minimum absolute atomic E-state index is 0.00926. The lowest BCUT2D eigenvalue weighted by Gasteiger charge is -2.01. The van der Waals surface area contributed by atoms with Gasteiger partial charge in [0.25, 0.3) is 5.88 Å². The van der Waals surface area contributed by atoms with Gasteiger partial charge in [-0.1, -0.05) is 34.4 Å². The third kappa shape index (κ3) is 2.36. The molecule has 2 rings (SSSR count). The van der Waals surface area contributed by atoms with Crippen LogP contribution in [0.3, 0.4) is 0 Å². The van der Waals surface area contributed by atoms with Crippen LogP contribution in [-0.2, 0) is 4.79 Å². The Bertz CT molecular complexity index is 568. The summed E-state index contributed by atoms with van der Waals surface area (Å²) in [6.45, 7) is 3.27. The lowest BCUT2D eigenvalue weighted by atomic mass is 10.2. The first-order valence-electron chi connectivity index (χ1n) is 4.64. The number of ether oxygens (including phenoxy) is 1. The van der Waals surface area contributed by atoms with Gasteiger partial charge in [0.05, 0.1) is 0 Å². The smallest absolute Gasteiger partial charge is 0.336 e. The molecular formula is C11H7FN2O2S. The Morgan fingerprint density at radius 2 is 2.24 bits per heavy atom. The van der Waals surface area contributed by atoms with Gasteiger partial charge in [0.2, 0.25) is 0 Å². The number of nitrogens with zero attached hydrogens (tertiary/aromatic N) is 2. The van der Waals surface area contributed by atoms with Gasteiger partial charge >= 0.3 is 5.97 Å². The van der Waals surface area contributed by atoms with Crippen LogP contribution < -0.4 is 4.74 Å². The van der Waals surface area contributed by atoms with Crippen molar-refractivity contribution in [1.29, 1.82) is 0 Å². The van der Waals surface area contributed by atoms with Gasteiger partial charge in [0, 0.05) is 11.6 Å². The zero-order valence-corrected chi connectivity index (χ0v) is 9.41. The highest BCUT2D eigenvalue weighted by Gasteiger charge is 2.16. The van der Waals surface area contributed by atoms with Crippen LogP contribution in [0.15, 0.2) is 36.9 Å². The van der Waals surface area contributed by atoms with Gasteiger partial charge in [-0.15, -0.1) is 0 Å². The van der Waals surface area contributed by atoms with Crippen LogP contribution in [0, 0.1) is 5.82 Å². The van der Waals surface area contributed by atoms with Crippen molar-refractivity contribution in [2.24, 2.45) is 0 Å². The maximum absolute atomic E-state index is 13.5. The van der Waals surface area contributed by atoms with E-state index in [9.17, 15) is 9.18 Å². The van der Waals surface area contributed by atoms with Gasteiger partial charge in [-0.05, 0) is 17.6 Å². The Morgan fingerprint density at radius 3 is 2.94 bits per heavy atom. The van der Waals surface area contributed by atoms with Crippen LogP contribution in [0.5, 0.6) is 5.88 Å². The van der Waals surface area contributed by atoms with Gasteiger partial charge in [0.1, 0.15) is 10.7 Å². The molecule has 0 aliphatic carbocycles. The first kappa shape index (κ1) is 11.4. The van der Waals surface area contributed by atoms with Gasteiger partial charge in [-0.2, -0.15) is 0 Å². The molecule has 0 amide bonds. The second-order valence-corrected chi connectivity index (χ2v) is 3.77. The fourth-order valence-corrected chi connectivity index (χ4v) is 1.82. The normalized spacial score (nSPS) is 9.94. The Morgan fingerprint density at radius 1 is 1.47 bits per heavy atom. The molecule has 2 aromatic rings. The molecule has 0 N–H and O–H groups in total. The predicted molar refractivity (Wildman–Crippen MR) is 61.1 cm³/mol. The quantitative estimate of drug-likeness (QED) is 0.620. The van der Waals surface area contributed by atoms with E-state index in [1.54, 1.807) is 18.2 Å². The summed E-state index contributed by atoms with van der Waals surface area (Å²) in [5, 5.41) is 3.63. The fraction of sp³-hybridized carbons (Fsp3) is 0. The monoisotopic (exact) mass is 250 g/mol. The topological polar surface area (TPSA) is 52.1 Å². The highest BCUT2D eigenvalue weighted by atomic mass is 32.1. The molecule has 0 aliphatic rings. The molecule has 0 fully saturated rings. The summed E-state index contributed by atoms with van der Waals surface area (Å²) >= 11 is 0.957. The molecule has 1 heterocycles.